The van der Waals surface area contributed by atoms with Crippen molar-refractivity contribution >= 4 is 22.8 Å². The third kappa shape index (κ3) is 1.80. The first kappa shape index (κ1) is 10.3. The Balaban J connectivity index is 2.49. The highest BCUT2D eigenvalue weighted by Gasteiger charge is 2.12. The van der Waals surface area contributed by atoms with Gasteiger partial charge >= 0.3 is 0 Å². The van der Waals surface area contributed by atoms with Gasteiger partial charge in [-0.2, -0.15) is 0 Å². The molecule has 0 saturated carbocycles. The van der Waals surface area contributed by atoms with Gasteiger partial charge in [0.05, 0.1) is 6.33 Å². The highest BCUT2D eigenvalue weighted by molar-refractivity contribution is 6.33. The molecule has 2 aromatic rings. The Hall–Kier alpha value is -1.20. The summed E-state index contributed by atoms with van der Waals surface area (Å²) >= 11 is 5.88. The molecule has 0 aliphatic carbocycles. The highest BCUT2D eigenvalue weighted by Crippen LogP contribution is 2.21. The number of aliphatic hydroxyl groups is 1. The van der Waals surface area contributed by atoms with E-state index in [2.05, 4.69) is 15.0 Å². The first-order valence-corrected chi connectivity index (χ1v) is 5.05. The normalized spacial score (nSPS) is 13.3. The molecule has 2 aromatic heterocycles. The van der Waals surface area contributed by atoms with E-state index in [4.69, 9.17) is 16.7 Å². The fraction of sp³-hybridized carbons (Fsp3) is 0.444. The van der Waals surface area contributed by atoms with Crippen LogP contribution in [0.2, 0.25) is 5.15 Å². The number of nitrogens with zero attached hydrogens (tertiary/aromatic N) is 4. The summed E-state index contributed by atoms with van der Waals surface area (Å²) in [6, 6.07) is 0.144. The summed E-state index contributed by atoms with van der Waals surface area (Å²) in [5, 5.41) is 9.23. The Labute approximate surface area is 91.7 Å². The molecule has 0 spiro atoms. The molecule has 5 nitrogen and oxygen atoms in total. The number of fused-ring (bicyclic) bond motifs is 1. The topological polar surface area (TPSA) is 63.8 Å². The molecule has 15 heavy (non-hydrogen) atoms. The van der Waals surface area contributed by atoms with Crippen molar-refractivity contribution in [2.45, 2.75) is 19.4 Å². The van der Waals surface area contributed by atoms with Crippen LogP contribution in [0.25, 0.3) is 11.2 Å². The Morgan fingerprint density at radius 1 is 1.47 bits per heavy atom. The number of halogens is 1. The second-order valence-corrected chi connectivity index (χ2v) is 3.71. The standard InChI is InChI=1S/C9H11ClN4O/c1-6(2-3-15)14-5-13-7-8(10)11-4-12-9(7)14/h4-6,15H,2-3H2,1H3. The molecular formula is C9H11ClN4O. The molecule has 80 valence electrons. The number of hydrogen-bond acceptors (Lipinski definition) is 4. The number of imidazole rings is 1. The van der Waals surface area contributed by atoms with Gasteiger partial charge in [-0.25, -0.2) is 15.0 Å². The van der Waals surface area contributed by atoms with E-state index >= 15 is 0 Å². The zero-order valence-electron chi connectivity index (χ0n) is 8.26. The molecule has 0 bridgehead atoms. The van der Waals surface area contributed by atoms with E-state index in [1.54, 1.807) is 6.33 Å². The van der Waals surface area contributed by atoms with Crippen LogP contribution in [-0.4, -0.2) is 31.2 Å². The van der Waals surface area contributed by atoms with Crippen LogP contribution in [0.1, 0.15) is 19.4 Å². The molecular weight excluding hydrogens is 216 g/mol. The molecule has 0 saturated heterocycles. The Morgan fingerprint density at radius 3 is 3.00 bits per heavy atom. The molecule has 1 atom stereocenters. The monoisotopic (exact) mass is 226 g/mol. The molecule has 0 radical (unpaired) electrons. The van der Waals surface area contributed by atoms with Crippen molar-refractivity contribution in [3.05, 3.63) is 17.8 Å². The fourth-order valence-corrected chi connectivity index (χ4v) is 1.65. The number of aromatic nitrogens is 4. The van der Waals surface area contributed by atoms with E-state index in [1.807, 2.05) is 11.5 Å². The molecule has 2 rings (SSSR count). The van der Waals surface area contributed by atoms with Crippen LogP contribution in [0.15, 0.2) is 12.7 Å². The third-order valence-corrected chi connectivity index (χ3v) is 2.61. The van der Waals surface area contributed by atoms with Crippen LogP contribution in [0.5, 0.6) is 0 Å². The Morgan fingerprint density at radius 2 is 2.27 bits per heavy atom. The van der Waals surface area contributed by atoms with Gasteiger partial charge in [0.25, 0.3) is 0 Å². The summed E-state index contributed by atoms with van der Waals surface area (Å²) in [5.74, 6) is 0. The van der Waals surface area contributed by atoms with Gasteiger partial charge in [0, 0.05) is 12.6 Å². The lowest BCUT2D eigenvalue weighted by Gasteiger charge is -2.11. The molecule has 1 unspecified atom stereocenters. The van der Waals surface area contributed by atoms with Crippen molar-refractivity contribution < 1.29 is 5.11 Å². The molecule has 0 aromatic carbocycles. The Bertz CT molecular complexity index is 470. The summed E-state index contributed by atoms with van der Waals surface area (Å²) in [6.07, 6.45) is 3.74. The summed E-state index contributed by atoms with van der Waals surface area (Å²) in [7, 11) is 0. The van der Waals surface area contributed by atoms with Crippen molar-refractivity contribution in [1.82, 2.24) is 19.5 Å². The molecule has 0 aliphatic heterocycles. The van der Waals surface area contributed by atoms with Gasteiger partial charge in [-0.1, -0.05) is 11.6 Å². The van der Waals surface area contributed by atoms with E-state index in [1.165, 1.54) is 6.33 Å². The maximum Gasteiger partial charge on any atom is 0.165 e. The smallest absolute Gasteiger partial charge is 0.165 e. The molecule has 0 aliphatic rings. The van der Waals surface area contributed by atoms with Crippen LogP contribution < -0.4 is 0 Å². The van der Waals surface area contributed by atoms with Crippen LogP contribution in [0.3, 0.4) is 0 Å². The second kappa shape index (κ2) is 4.12. The minimum Gasteiger partial charge on any atom is -0.396 e. The molecule has 1 N–H and O–H groups in total. The van der Waals surface area contributed by atoms with E-state index in [9.17, 15) is 0 Å². The van der Waals surface area contributed by atoms with Crippen molar-refractivity contribution in [3.63, 3.8) is 0 Å². The maximum atomic E-state index is 8.87. The quantitative estimate of drug-likeness (QED) is 0.804. The van der Waals surface area contributed by atoms with Crippen molar-refractivity contribution in [1.29, 1.82) is 0 Å². The van der Waals surface area contributed by atoms with Gasteiger partial charge < -0.3 is 9.67 Å². The average Bonchev–Trinajstić information content (AvgIpc) is 2.63. The molecule has 0 amide bonds. The van der Waals surface area contributed by atoms with Gasteiger partial charge in [0.15, 0.2) is 10.8 Å². The first-order chi connectivity index (χ1) is 7.24. The minimum atomic E-state index is 0.139. The van der Waals surface area contributed by atoms with E-state index < -0.39 is 0 Å². The number of hydrogen-bond donors (Lipinski definition) is 1. The minimum absolute atomic E-state index is 0.139. The van der Waals surface area contributed by atoms with Gasteiger partial charge in [0.1, 0.15) is 11.8 Å². The third-order valence-electron chi connectivity index (χ3n) is 2.34. The lowest BCUT2D eigenvalue weighted by molar-refractivity contribution is 0.264. The number of aliphatic hydroxyl groups excluding tert-OH is 1. The zero-order valence-corrected chi connectivity index (χ0v) is 9.02. The molecule has 0 fully saturated rings. The summed E-state index contributed by atoms with van der Waals surface area (Å²) in [6.45, 7) is 2.13. The predicted octanol–water partition coefficient (Wildman–Crippen LogP) is 1.42. The lowest BCUT2D eigenvalue weighted by atomic mass is 10.2. The van der Waals surface area contributed by atoms with E-state index in [-0.39, 0.29) is 12.6 Å². The van der Waals surface area contributed by atoms with E-state index in [0.717, 1.165) is 0 Å². The van der Waals surface area contributed by atoms with Crippen LogP contribution in [0, 0.1) is 0 Å². The van der Waals surface area contributed by atoms with Crippen molar-refractivity contribution in [3.8, 4) is 0 Å². The Kier molecular flexibility index (Phi) is 2.83. The lowest BCUT2D eigenvalue weighted by Crippen LogP contribution is -2.06. The first-order valence-electron chi connectivity index (χ1n) is 4.68. The van der Waals surface area contributed by atoms with Gasteiger partial charge in [0.2, 0.25) is 0 Å². The van der Waals surface area contributed by atoms with Crippen molar-refractivity contribution in [2.24, 2.45) is 0 Å². The largest absolute Gasteiger partial charge is 0.396 e. The van der Waals surface area contributed by atoms with E-state index in [0.29, 0.717) is 22.7 Å². The van der Waals surface area contributed by atoms with Gasteiger partial charge in [-0.05, 0) is 13.3 Å². The second-order valence-electron chi connectivity index (χ2n) is 3.35. The zero-order chi connectivity index (χ0) is 10.8. The van der Waals surface area contributed by atoms with Crippen molar-refractivity contribution in [2.75, 3.05) is 6.61 Å². The maximum absolute atomic E-state index is 8.87. The van der Waals surface area contributed by atoms with Crippen LogP contribution in [-0.2, 0) is 0 Å². The van der Waals surface area contributed by atoms with Gasteiger partial charge in [-0.15, -0.1) is 0 Å². The SMILES string of the molecule is CC(CCO)n1cnc2c(Cl)ncnc21. The summed E-state index contributed by atoms with van der Waals surface area (Å²) in [4.78, 5) is 12.1. The molecule has 6 heteroatoms. The average molecular weight is 227 g/mol. The summed E-state index contributed by atoms with van der Waals surface area (Å²) in [5.41, 5.74) is 1.31. The predicted molar refractivity (Wildman–Crippen MR) is 56.7 cm³/mol. The highest BCUT2D eigenvalue weighted by atomic mass is 35.5. The van der Waals surface area contributed by atoms with Crippen LogP contribution >= 0.6 is 11.6 Å². The fourth-order valence-electron chi connectivity index (χ4n) is 1.47. The van der Waals surface area contributed by atoms with Gasteiger partial charge in [-0.3, -0.25) is 0 Å². The number of rotatable bonds is 3. The summed E-state index contributed by atoms with van der Waals surface area (Å²) < 4.78 is 1.89. The molecule has 2 heterocycles. The van der Waals surface area contributed by atoms with Crippen LogP contribution in [0.4, 0.5) is 0 Å².